The number of aliphatic imine (C=N–C) groups is 1. The first kappa shape index (κ1) is 22.4. The molecular weight excluding hydrogens is 467 g/mol. The average Bonchev–Trinajstić information content (AvgIpc) is 2.71. The molecule has 1 atom stereocenters. The Morgan fingerprint density at radius 3 is 2.86 bits per heavy atom. The number of nitrogens with one attached hydrogen (secondary N) is 1. The highest BCUT2D eigenvalue weighted by Crippen LogP contribution is 2.25. The number of benzene rings is 1. The van der Waals surface area contributed by atoms with Gasteiger partial charge in [-0.25, -0.2) is 9.98 Å². The van der Waals surface area contributed by atoms with Crippen molar-refractivity contribution in [3.05, 3.63) is 59.3 Å². The number of aryl methyl sites for hydroxylation is 1. The fourth-order valence-corrected chi connectivity index (χ4v) is 3.22. The van der Waals surface area contributed by atoms with Crippen LogP contribution < -0.4 is 10.1 Å². The number of pyridine rings is 1. The molecule has 7 heteroatoms. The van der Waals surface area contributed by atoms with E-state index >= 15 is 0 Å². The lowest BCUT2D eigenvalue weighted by Crippen LogP contribution is -2.48. The van der Waals surface area contributed by atoms with E-state index in [1.165, 1.54) is 11.1 Å². The minimum absolute atomic E-state index is 0. The number of halogens is 1. The highest BCUT2D eigenvalue weighted by Gasteiger charge is 2.25. The predicted octanol–water partition coefficient (Wildman–Crippen LogP) is 3.56. The summed E-state index contributed by atoms with van der Waals surface area (Å²) in [6.45, 7) is 7.81. The molecule has 1 unspecified atom stereocenters. The molecule has 0 amide bonds. The van der Waals surface area contributed by atoms with Gasteiger partial charge in [0, 0.05) is 19.2 Å². The third kappa shape index (κ3) is 5.81. The smallest absolute Gasteiger partial charge is 0.213 e. The minimum atomic E-state index is 0. The van der Waals surface area contributed by atoms with E-state index in [1.807, 2.05) is 18.2 Å². The number of guanidine groups is 1. The quantitative estimate of drug-likeness (QED) is 0.390. The van der Waals surface area contributed by atoms with Crippen LogP contribution in [-0.2, 0) is 11.3 Å². The number of morpholine rings is 1. The minimum Gasteiger partial charge on any atom is -0.481 e. The summed E-state index contributed by atoms with van der Waals surface area (Å²) in [5, 5.41) is 3.40. The van der Waals surface area contributed by atoms with Crippen molar-refractivity contribution in [2.45, 2.75) is 26.5 Å². The van der Waals surface area contributed by atoms with Gasteiger partial charge in [-0.2, -0.15) is 0 Å². The third-order valence-corrected chi connectivity index (χ3v) is 4.62. The Morgan fingerprint density at radius 2 is 2.11 bits per heavy atom. The third-order valence-electron chi connectivity index (χ3n) is 4.62. The van der Waals surface area contributed by atoms with E-state index in [4.69, 9.17) is 14.5 Å². The highest BCUT2D eigenvalue weighted by atomic mass is 127. The predicted molar refractivity (Wildman–Crippen MR) is 122 cm³/mol. The van der Waals surface area contributed by atoms with Gasteiger partial charge in [-0.15, -0.1) is 24.0 Å². The first-order chi connectivity index (χ1) is 13.2. The van der Waals surface area contributed by atoms with Crippen LogP contribution in [0.2, 0.25) is 0 Å². The summed E-state index contributed by atoms with van der Waals surface area (Å²) in [6.07, 6.45) is 0.0544. The van der Waals surface area contributed by atoms with Gasteiger partial charge >= 0.3 is 0 Å². The Balaban J connectivity index is 0.00000280. The van der Waals surface area contributed by atoms with Crippen LogP contribution in [0.15, 0.2) is 47.5 Å². The fraction of sp³-hybridized carbons (Fsp3) is 0.429. The Kier molecular flexibility index (Phi) is 8.98. The van der Waals surface area contributed by atoms with Crippen LogP contribution >= 0.6 is 24.0 Å². The Hall–Kier alpha value is -1.87. The largest absolute Gasteiger partial charge is 0.481 e. The van der Waals surface area contributed by atoms with Crippen LogP contribution in [0.5, 0.6) is 5.88 Å². The van der Waals surface area contributed by atoms with E-state index in [9.17, 15) is 0 Å². The number of hydrogen-bond acceptors (Lipinski definition) is 4. The molecule has 0 spiro atoms. The molecule has 2 aromatic rings. The van der Waals surface area contributed by atoms with Crippen molar-refractivity contribution < 1.29 is 9.47 Å². The molecule has 1 fully saturated rings. The molecule has 1 saturated heterocycles. The maximum atomic E-state index is 6.04. The van der Waals surface area contributed by atoms with Crippen LogP contribution in [0.4, 0.5) is 0 Å². The van der Waals surface area contributed by atoms with Gasteiger partial charge in [-0.1, -0.05) is 30.3 Å². The summed E-state index contributed by atoms with van der Waals surface area (Å²) in [5.74, 6) is 1.50. The van der Waals surface area contributed by atoms with Gasteiger partial charge in [0.1, 0.15) is 6.10 Å². The van der Waals surface area contributed by atoms with Crippen molar-refractivity contribution in [1.29, 1.82) is 0 Å². The van der Waals surface area contributed by atoms with Gasteiger partial charge in [-0.05, 0) is 31.0 Å². The molecule has 1 aliphatic rings. The summed E-state index contributed by atoms with van der Waals surface area (Å²) in [5.41, 5.74) is 3.38. The summed E-state index contributed by atoms with van der Waals surface area (Å²) < 4.78 is 11.2. The molecule has 1 aliphatic heterocycles. The molecule has 28 heavy (non-hydrogen) atoms. The summed E-state index contributed by atoms with van der Waals surface area (Å²) in [4.78, 5) is 11.5. The maximum absolute atomic E-state index is 6.04. The SMILES string of the molecule is CCNC(=NCc1cccc(OC)n1)N1CCOC(c2ccccc2C)C1.I. The van der Waals surface area contributed by atoms with E-state index in [0.717, 1.165) is 31.3 Å². The molecule has 1 aromatic carbocycles. The zero-order chi connectivity index (χ0) is 19.1. The van der Waals surface area contributed by atoms with Crippen LogP contribution in [0.3, 0.4) is 0 Å². The monoisotopic (exact) mass is 496 g/mol. The number of hydrogen-bond donors (Lipinski definition) is 1. The summed E-state index contributed by atoms with van der Waals surface area (Å²) >= 11 is 0. The lowest BCUT2D eigenvalue weighted by molar-refractivity contribution is -0.00834. The van der Waals surface area contributed by atoms with Gasteiger partial charge in [0.2, 0.25) is 5.88 Å². The number of aromatic nitrogens is 1. The molecular formula is C21H29IN4O2. The van der Waals surface area contributed by atoms with Gasteiger partial charge in [0.15, 0.2) is 5.96 Å². The molecule has 0 aliphatic carbocycles. The average molecular weight is 496 g/mol. The van der Waals surface area contributed by atoms with Crippen molar-refractivity contribution in [2.24, 2.45) is 4.99 Å². The lowest BCUT2D eigenvalue weighted by atomic mass is 10.0. The Morgan fingerprint density at radius 1 is 1.29 bits per heavy atom. The highest BCUT2D eigenvalue weighted by molar-refractivity contribution is 14.0. The first-order valence-corrected chi connectivity index (χ1v) is 9.41. The number of nitrogens with zero attached hydrogens (tertiary/aromatic N) is 3. The molecule has 6 nitrogen and oxygen atoms in total. The van der Waals surface area contributed by atoms with Crippen molar-refractivity contribution in [2.75, 3.05) is 33.4 Å². The van der Waals surface area contributed by atoms with Crippen LogP contribution in [0, 0.1) is 6.92 Å². The lowest BCUT2D eigenvalue weighted by Gasteiger charge is -2.35. The van der Waals surface area contributed by atoms with E-state index in [0.29, 0.717) is 19.0 Å². The van der Waals surface area contributed by atoms with Gasteiger partial charge in [0.25, 0.3) is 0 Å². The van der Waals surface area contributed by atoms with Crippen LogP contribution in [0.25, 0.3) is 0 Å². The van der Waals surface area contributed by atoms with Gasteiger partial charge in [0.05, 0.1) is 32.5 Å². The zero-order valence-electron chi connectivity index (χ0n) is 16.7. The normalized spacial score (nSPS) is 17.0. The fourth-order valence-electron chi connectivity index (χ4n) is 3.22. The van der Waals surface area contributed by atoms with E-state index in [1.54, 1.807) is 7.11 Å². The first-order valence-electron chi connectivity index (χ1n) is 9.41. The van der Waals surface area contributed by atoms with Crippen molar-refractivity contribution in [3.63, 3.8) is 0 Å². The van der Waals surface area contributed by atoms with E-state index in [-0.39, 0.29) is 30.1 Å². The Labute approximate surface area is 184 Å². The summed E-state index contributed by atoms with van der Waals surface area (Å²) in [7, 11) is 1.62. The Bertz CT molecular complexity index is 785. The molecule has 3 rings (SSSR count). The molecule has 1 N–H and O–H groups in total. The molecule has 0 bridgehead atoms. The number of methoxy groups -OCH3 is 1. The van der Waals surface area contributed by atoms with Crippen molar-refractivity contribution in [1.82, 2.24) is 15.2 Å². The van der Waals surface area contributed by atoms with E-state index < -0.39 is 0 Å². The van der Waals surface area contributed by atoms with E-state index in [2.05, 4.69) is 53.3 Å². The number of rotatable bonds is 5. The standard InChI is InChI=1S/C21H28N4O2.HI/c1-4-22-21(23-14-17-9-7-11-20(24-17)26-3)25-12-13-27-19(15-25)18-10-6-5-8-16(18)2;/h5-11,19H,4,12-15H2,1-3H3,(H,22,23);1H. The molecule has 0 radical (unpaired) electrons. The topological polar surface area (TPSA) is 59.0 Å². The summed E-state index contributed by atoms with van der Waals surface area (Å²) in [6, 6.07) is 14.1. The second-order valence-corrected chi connectivity index (χ2v) is 6.50. The van der Waals surface area contributed by atoms with Crippen LogP contribution in [0.1, 0.15) is 29.8 Å². The van der Waals surface area contributed by atoms with Gasteiger partial charge < -0.3 is 19.7 Å². The van der Waals surface area contributed by atoms with Crippen LogP contribution in [-0.4, -0.2) is 49.2 Å². The molecule has 1 aromatic heterocycles. The van der Waals surface area contributed by atoms with Gasteiger partial charge in [-0.3, -0.25) is 0 Å². The van der Waals surface area contributed by atoms with Crippen molar-refractivity contribution >= 4 is 29.9 Å². The second kappa shape index (κ2) is 11.2. The second-order valence-electron chi connectivity index (χ2n) is 6.50. The number of ether oxygens (including phenoxy) is 2. The molecule has 0 saturated carbocycles. The zero-order valence-corrected chi connectivity index (χ0v) is 19.1. The maximum Gasteiger partial charge on any atom is 0.213 e. The molecule has 2 heterocycles. The van der Waals surface area contributed by atoms with Crippen molar-refractivity contribution in [3.8, 4) is 5.88 Å². The molecule has 152 valence electrons.